The Morgan fingerprint density at radius 2 is 1.86 bits per heavy atom. The summed E-state index contributed by atoms with van der Waals surface area (Å²) >= 11 is 5.83. The molecule has 1 aliphatic rings. The maximum Gasteiger partial charge on any atom is 0.167 e. The largest absolute Gasteiger partial charge is 0.486 e. The van der Waals surface area contributed by atoms with Gasteiger partial charge in [-0.15, -0.1) is 0 Å². The summed E-state index contributed by atoms with van der Waals surface area (Å²) in [7, 11) is 0. The van der Waals surface area contributed by atoms with Gasteiger partial charge in [-0.25, -0.2) is 4.39 Å². The van der Waals surface area contributed by atoms with Crippen LogP contribution in [0, 0.1) is 5.82 Å². The minimum atomic E-state index is -0.440. The molecule has 5 heteroatoms. The third-order valence-corrected chi connectivity index (χ3v) is 3.46. The fourth-order valence-corrected chi connectivity index (χ4v) is 2.37. The van der Waals surface area contributed by atoms with Crippen LogP contribution >= 0.6 is 11.6 Å². The summed E-state index contributed by atoms with van der Waals surface area (Å²) < 4.78 is 24.5. The summed E-state index contributed by atoms with van der Waals surface area (Å²) in [5.74, 6) is 0.517. The third-order valence-electron chi connectivity index (χ3n) is 3.22. The fourth-order valence-electron chi connectivity index (χ4n) is 2.17. The smallest absolute Gasteiger partial charge is 0.167 e. The average Bonchev–Trinajstić information content (AvgIpc) is 2.50. The number of benzene rings is 2. The molecule has 0 bridgehead atoms. The molecule has 21 heavy (non-hydrogen) atoms. The number of ketones is 1. The molecular weight excluding hydrogens is 295 g/mol. The number of hydrogen-bond acceptors (Lipinski definition) is 3. The molecule has 0 amide bonds. The van der Waals surface area contributed by atoms with Crippen molar-refractivity contribution in [2.75, 3.05) is 13.2 Å². The zero-order chi connectivity index (χ0) is 14.8. The number of Topliss-reactive ketones (excluding diaryl/α,β-unsaturated/α-hetero) is 1. The van der Waals surface area contributed by atoms with Gasteiger partial charge >= 0.3 is 0 Å². The molecule has 2 aromatic carbocycles. The SMILES string of the molecule is O=C(Cc1cc(Cl)ccc1F)c1ccc2c(c1)OCCO2. The van der Waals surface area contributed by atoms with E-state index in [1.54, 1.807) is 18.2 Å². The molecule has 1 aliphatic heterocycles. The predicted octanol–water partition coefficient (Wildman–Crippen LogP) is 3.68. The summed E-state index contributed by atoms with van der Waals surface area (Å²) in [6.45, 7) is 0.946. The van der Waals surface area contributed by atoms with Crippen molar-refractivity contribution in [2.45, 2.75) is 6.42 Å². The minimum absolute atomic E-state index is 0.0496. The molecule has 0 aliphatic carbocycles. The van der Waals surface area contributed by atoms with Crippen molar-refractivity contribution in [3.8, 4) is 11.5 Å². The second kappa shape index (κ2) is 5.74. The summed E-state index contributed by atoms with van der Waals surface area (Å²) in [5, 5.41) is 0.404. The van der Waals surface area contributed by atoms with Gasteiger partial charge in [0.2, 0.25) is 0 Å². The van der Waals surface area contributed by atoms with Gasteiger partial charge in [-0.05, 0) is 42.0 Å². The number of ether oxygens (including phenoxy) is 2. The van der Waals surface area contributed by atoms with Gasteiger partial charge in [-0.2, -0.15) is 0 Å². The number of hydrogen-bond donors (Lipinski definition) is 0. The lowest BCUT2D eigenvalue weighted by atomic mass is 10.0. The Morgan fingerprint density at radius 1 is 1.10 bits per heavy atom. The number of carbonyl (C=O) groups is 1. The molecule has 0 spiro atoms. The predicted molar refractivity (Wildman–Crippen MR) is 76.9 cm³/mol. The van der Waals surface area contributed by atoms with Crippen LogP contribution < -0.4 is 9.47 Å². The molecular formula is C16H12ClFO3. The van der Waals surface area contributed by atoms with E-state index in [1.165, 1.54) is 18.2 Å². The zero-order valence-corrected chi connectivity index (χ0v) is 11.8. The van der Waals surface area contributed by atoms with Gasteiger partial charge in [0.1, 0.15) is 19.0 Å². The molecule has 1 heterocycles. The lowest BCUT2D eigenvalue weighted by molar-refractivity contribution is 0.0990. The van der Waals surface area contributed by atoms with Gasteiger partial charge in [0.25, 0.3) is 0 Å². The van der Waals surface area contributed by atoms with Crippen LogP contribution in [0.25, 0.3) is 0 Å². The van der Waals surface area contributed by atoms with E-state index in [0.717, 1.165) is 0 Å². The topological polar surface area (TPSA) is 35.5 Å². The Hall–Kier alpha value is -2.07. The van der Waals surface area contributed by atoms with Crippen LogP contribution in [-0.4, -0.2) is 19.0 Å². The van der Waals surface area contributed by atoms with Crippen LogP contribution in [0.4, 0.5) is 4.39 Å². The minimum Gasteiger partial charge on any atom is -0.486 e. The quantitative estimate of drug-likeness (QED) is 0.812. The van der Waals surface area contributed by atoms with Gasteiger partial charge in [0.15, 0.2) is 17.3 Å². The molecule has 0 fully saturated rings. The highest BCUT2D eigenvalue weighted by molar-refractivity contribution is 6.30. The van der Waals surface area contributed by atoms with E-state index in [4.69, 9.17) is 21.1 Å². The van der Waals surface area contributed by atoms with Crippen molar-refractivity contribution in [3.63, 3.8) is 0 Å². The van der Waals surface area contributed by atoms with E-state index in [0.29, 0.717) is 35.3 Å². The van der Waals surface area contributed by atoms with Crippen LogP contribution in [-0.2, 0) is 6.42 Å². The normalized spacial score (nSPS) is 13.0. The Morgan fingerprint density at radius 3 is 2.67 bits per heavy atom. The van der Waals surface area contributed by atoms with Crippen molar-refractivity contribution in [1.82, 2.24) is 0 Å². The van der Waals surface area contributed by atoms with Crippen LogP contribution in [0.3, 0.4) is 0 Å². The summed E-state index contributed by atoms with van der Waals surface area (Å²) in [6, 6.07) is 9.14. The van der Waals surface area contributed by atoms with Crippen LogP contribution in [0.2, 0.25) is 5.02 Å². The Balaban J connectivity index is 1.83. The van der Waals surface area contributed by atoms with Crippen molar-refractivity contribution in [2.24, 2.45) is 0 Å². The van der Waals surface area contributed by atoms with Gasteiger partial charge in [0.05, 0.1) is 0 Å². The van der Waals surface area contributed by atoms with Gasteiger partial charge in [0, 0.05) is 17.0 Å². The number of rotatable bonds is 3. The van der Waals surface area contributed by atoms with E-state index in [-0.39, 0.29) is 17.8 Å². The second-order valence-electron chi connectivity index (χ2n) is 4.69. The van der Waals surface area contributed by atoms with Crippen LogP contribution in [0.15, 0.2) is 36.4 Å². The van der Waals surface area contributed by atoms with Crippen molar-refractivity contribution < 1.29 is 18.7 Å². The first kappa shape index (κ1) is 13.9. The highest BCUT2D eigenvalue weighted by atomic mass is 35.5. The maximum absolute atomic E-state index is 13.7. The third kappa shape index (κ3) is 3.00. The van der Waals surface area contributed by atoms with Crippen LogP contribution in [0.1, 0.15) is 15.9 Å². The Bertz CT molecular complexity index is 700. The van der Waals surface area contributed by atoms with E-state index >= 15 is 0 Å². The Kier molecular flexibility index (Phi) is 3.80. The average molecular weight is 307 g/mol. The molecule has 0 N–H and O–H groups in total. The van der Waals surface area contributed by atoms with Gasteiger partial charge in [-0.1, -0.05) is 11.6 Å². The molecule has 3 nitrogen and oxygen atoms in total. The molecule has 0 radical (unpaired) electrons. The molecule has 108 valence electrons. The second-order valence-corrected chi connectivity index (χ2v) is 5.13. The van der Waals surface area contributed by atoms with Crippen molar-refractivity contribution >= 4 is 17.4 Å². The standard InChI is InChI=1S/C16H12ClFO3/c17-12-2-3-13(18)11(7-12)8-14(19)10-1-4-15-16(9-10)21-6-5-20-15/h1-4,7,9H,5-6,8H2. The number of carbonyl (C=O) groups excluding carboxylic acids is 1. The molecule has 0 saturated carbocycles. The van der Waals surface area contributed by atoms with Crippen LogP contribution in [0.5, 0.6) is 11.5 Å². The van der Waals surface area contributed by atoms with Crippen molar-refractivity contribution in [3.05, 3.63) is 58.4 Å². The lowest BCUT2D eigenvalue weighted by Crippen LogP contribution is -2.16. The van der Waals surface area contributed by atoms with Gasteiger partial charge in [-0.3, -0.25) is 4.79 Å². The zero-order valence-electron chi connectivity index (χ0n) is 11.1. The fraction of sp³-hybridized carbons (Fsp3) is 0.188. The molecule has 0 aromatic heterocycles. The van der Waals surface area contributed by atoms with Crippen molar-refractivity contribution in [1.29, 1.82) is 0 Å². The summed E-state index contributed by atoms with van der Waals surface area (Å²) in [5.41, 5.74) is 0.737. The Labute approximate surface area is 126 Å². The first-order valence-electron chi connectivity index (χ1n) is 6.50. The highest BCUT2D eigenvalue weighted by Crippen LogP contribution is 2.31. The summed E-state index contributed by atoms with van der Waals surface area (Å²) in [4.78, 5) is 12.3. The molecule has 3 rings (SSSR count). The maximum atomic E-state index is 13.7. The molecule has 0 atom stereocenters. The number of fused-ring (bicyclic) bond motifs is 1. The number of halogens is 2. The van der Waals surface area contributed by atoms with E-state index < -0.39 is 5.82 Å². The molecule has 0 saturated heterocycles. The monoisotopic (exact) mass is 306 g/mol. The van der Waals surface area contributed by atoms with E-state index in [2.05, 4.69) is 0 Å². The first-order valence-corrected chi connectivity index (χ1v) is 6.88. The molecule has 0 unspecified atom stereocenters. The summed E-state index contributed by atoms with van der Waals surface area (Å²) in [6.07, 6.45) is -0.0496. The van der Waals surface area contributed by atoms with E-state index in [1.807, 2.05) is 0 Å². The first-order chi connectivity index (χ1) is 10.1. The lowest BCUT2D eigenvalue weighted by Gasteiger charge is -2.18. The highest BCUT2D eigenvalue weighted by Gasteiger charge is 2.16. The molecule has 2 aromatic rings. The van der Waals surface area contributed by atoms with Gasteiger partial charge < -0.3 is 9.47 Å². The van der Waals surface area contributed by atoms with E-state index in [9.17, 15) is 9.18 Å².